The van der Waals surface area contributed by atoms with E-state index in [1.165, 1.54) is 4.68 Å². The largest absolute Gasteiger partial charge is 0.481 e. The average Bonchev–Trinajstić information content (AvgIpc) is 3.25. The molecule has 34 heavy (non-hydrogen) atoms. The first-order valence-electron chi connectivity index (χ1n) is 11.8. The Morgan fingerprint density at radius 1 is 1.24 bits per heavy atom. The molecular formula is C24H27F2N5O2S. The number of thioether (sulfide) groups is 1. The van der Waals surface area contributed by atoms with Gasteiger partial charge in [0.2, 0.25) is 0 Å². The van der Waals surface area contributed by atoms with Gasteiger partial charge in [0.25, 0.3) is 6.43 Å². The number of ether oxygens (including phenoxy) is 2. The second-order valence-corrected chi connectivity index (χ2v) is 10.9. The first kappa shape index (κ1) is 22.0. The average molecular weight is 488 g/mol. The molecule has 4 aliphatic rings. The molecule has 3 aliphatic heterocycles. The summed E-state index contributed by atoms with van der Waals surface area (Å²) in [5, 5.41) is 9.04. The van der Waals surface area contributed by atoms with Crippen molar-refractivity contribution in [3.63, 3.8) is 0 Å². The molecule has 0 N–H and O–H groups in total. The van der Waals surface area contributed by atoms with Crippen LogP contribution in [-0.2, 0) is 11.3 Å². The van der Waals surface area contributed by atoms with Gasteiger partial charge in [0, 0.05) is 42.0 Å². The highest BCUT2D eigenvalue weighted by molar-refractivity contribution is 8.10. The predicted molar refractivity (Wildman–Crippen MR) is 126 cm³/mol. The van der Waals surface area contributed by atoms with Gasteiger partial charge in [0.15, 0.2) is 5.75 Å². The van der Waals surface area contributed by atoms with Crippen LogP contribution in [0.4, 0.5) is 8.78 Å². The Balaban J connectivity index is 1.25. The van der Waals surface area contributed by atoms with E-state index in [-0.39, 0.29) is 6.10 Å². The minimum absolute atomic E-state index is 0.245. The zero-order valence-corrected chi connectivity index (χ0v) is 19.8. The molecule has 7 nitrogen and oxygen atoms in total. The molecule has 0 bridgehead atoms. The maximum absolute atomic E-state index is 12.8. The summed E-state index contributed by atoms with van der Waals surface area (Å²) in [5.41, 5.74) is 2.75. The summed E-state index contributed by atoms with van der Waals surface area (Å²) >= 11 is 1.64. The second kappa shape index (κ2) is 8.64. The molecule has 5 heterocycles. The quantitative estimate of drug-likeness (QED) is 0.559. The van der Waals surface area contributed by atoms with Crippen LogP contribution < -0.4 is 4.74 Å². The Bertz CT molecular complexity index is 1160. The van der Waals surface area contributed by atoms with Gasteiger partial charge in [0.05, 0.1) is 24.1 Å². The van der Waals surface area contributed by atoms with Crippen molar-refractivity contribution < 1.29 is 18.3 Å². The molecule has 0 aromatic carbocycles. The van der Waals surface area contributed by atoms with E-state index in [1.807, 2.05) is 12.2 Å². The number of aromatic nitrogens is 4. The first-order valence-corrected chi connectivity index (χ1v) is 12.6. The zero-order valence-electron chi connectivity index (χ0n) is 18.9. The number of hydrogen-bond acceptors (Lipinski definition) is 6. The molecule has 1 saturated carbocycles. The molecule has 180 valence electrons. The van der Waals surface area contributed by atoms with E-state index in [2.05, 4.69) is 27.9 Å². The Morgan fingerprint density at radius 3 is 2.82 bits per heavy atom. The summed E-state index contributed by atoms with van der Waals surface area (Å²) in [6, 6.07) is 0.476. The van der Waals surface area contributed by atoms with Crippen molar-refractivity contribution in [2.75, 3.05) is 13.2 Å². The zero-order chi connectivity index (χ0) is 23.3. The third kappa shape index (κ3) is 4.11. The number of nitrogens with zero attached hydrogens (tertiary/aromatic N) is 5. The Labute approximate surface area is 200 Å². The van der Waals surface area contributed by atoms with Gasteiger partial charge in [-0.25, -0.2) is 8.78 Å². The fourth-order valence-corrected chi connectivity index (χ4v) is 6.06. The van der Waals surface area contributed by atoms with Crippen molar-refractivity contribution in [1.29, 1.82) is 0 Å². The number of alkyl halides is 2. The molecule has 2 aromatic rings. The standard InChI is InChI=1S/C24H27F2N5O2S/c1-24-20(10-19(34-24)16-11-28-30(12-16)14-22(25)26)27-7-4-21(24)33-18-13-31(17-2-3-17)29-23(18)15-5-8-32-9-6-15/h4,7,10-13,15,17,21-22H,2-3,5-6,8-9,14H2,1H3. The number of allylic oxidation sites excluding steroid dienone is 1. The van der Waals surface area contributed by atoms with Crippen molar-refractivity contribution in [2.45, 2.75) is 68.4 Å². The van der Waals surface area contributed by atoms with Crippen LogP contribution in [0.2, 0.25) is 0 Å². The molecule has 2 unspecified atom stereocenters. The molecule has 6 rings (SSSR count). The van der Waals surface area contributed by atoms with Gasteiger partial charge in [0.1, 0.15) is 23.1 Å². The van der Waals surface area contributed by atoms with Gasteiger partial charge in [-0.2, -0.15) is 10.2 Å². The lowest BCUT2D eigenvalue weighted by atomic mass is 9.94. The number of aliphatic imine (C=N–C) groups is 1. The van der Waals surface area contributed by atoms with Crippen LogP contribution in [0.1, 0.15) is 55.8 Å². The van der Waals surface area contributed by atoms with Crippen molar-refractivity contribution in [1.82, 2.24) is 19.6 Å². The van der Waals surface area contributed by atoms with E-state index in [1.54, 1.807) is 30.4 Å². The Hall–Kier alpha value is -2.46. The fraction of sp³-hybridized carbons (Fsp3) is 0.542. The molecule has 2 fully saturated rings. The van der Waals surface area contributed by atoms with Crippen molar-refractivity contribution in [3.8, 4) is 5.75 Å². The van der Waals surface area contributed by atoms with E-state index in [0.29, 0.717) is 12.0 Å². The van der Waals surface area contributed by atoms with E-state index >= 15 is 0 Å². The smallest absolute Gasteiger partial charge is 0.257 e. The van der Waals surface area contributed by atoms with Crippen LogP contribution in [0.25, 0.3) is 4.91 Å². The van der Waals surface area contributed by atoms with Gasteiger partial charge in [-0.3, -0.25) is 14.4 Å². The summed E-state index contributed by atoms with van der Waals surface area (Å²) in [5.74, 6) is 1.18. The van der Waals surface area contributed by atoms with Crippen LogP contribution >= 0.6 is 11.8 Å². The topological polar surface area (TPSA) is 66.5 Å². The molecule has 2 aromatic heterocycles. The monoisotopic (exact) mass is 487 g/mol. The number of hydrogen-bond donors (Lipinski definition) is 0. The molecule has 2 atom stereocenters. The maximum Gasteiger partial charge on any atom is 0.257 e. The first-order chi connectivity index (χ1) is 16.5. The van der Waals surface area contributed by atoms with Crippen molar-refractivity contribution in [3.05, 3.63) is 48.2 Å². The molecule has 10 heteroatoms. The lowest BCUT2D eigenvalue weighted by Crippen LogP contribution is -2.45. The Morgan fingerprint density at radius 2 is 2.06 bits per heavy atom. The van der Waals surface area contributed by atoms with Gasteiger partial charge < -0.3 is 9.47 Å². The summed E-state index contributed by atoms with van der Waals surface area (Å²) in [6.45, 7) is 3.21. The van der Waals surface area contributed by atoms with E-state index in [4.69, 9.17) is 14.6 Å². The molecule has 0 radical (unpaired) electrons. The van der Waals surface area contributed by atoms with E-state index in [0.717, 1.165) is 66.5 Å². The van der Waals surface area contributed by atoms with E-state index < -0.39 is 17.7 Å². The van der Waals surface area contributed by atoms with Gasteiger partial charge in [-0.1, -0.05) is 0 Å². The third-order valence-electron chi connectivity index (χ3n) is 6.87. The SMILES string of the molecule is CC12SC(c3cnn(CC(F)F)c3)=CC1=NC=CC2Oc1cn(C2CC2)nc1C1CCOCC1. The second-order valence-electron chi connectivity index (χ2n) is 9.43. The van der Waals surface area contributed by atoms with Crippen molar-refractivity contribution in [2.24, 2.45) is 4.99 Å². The summed E-state index contributed by atoms with van der Waals surface area (Å²) in [4.78, 5) is 5.57. The highest BCUT2D eigenvalue weighted by atomic mass is 32.2. The highest BCUT2D eigenvalue weighted by Crippen LogP contribution is 2.50. The van der Waals surface area contributed by atoms with E-state index in [9.17, 15) is 8.78 Å². The summed E-state index contributed by atoms with van der Waals surface area (Å²) in [6.07, 6.45) is 12.7. The maximum atomic E-state index is 12.8. The van der Waals surface area contributed by atoms with Crippen molar-refractivity contribution >= 4 is 22.4 Å². The Kier molecular flexibility index (Phi) is 5.60. The lowest BCUT2D eigenvalue weighted by Gasteiger charge is -2.34. The third-order valence-corrected chi connectivity index (χ3v) is 8.31. The minimum Gasteiger partial charge on any atom is -0.481 e. The molecule has 1 saturated heterocycles. The fourth-order valence-electron chi connectivity index (χ4n) is 4.75. The molecule has 1 aliphatic carbocycles. The molecule has 0 amide bonds. The van der Waals surface area contributed by atoms with Crippen LogP contribution in [0.3, 0.4) is 0 Å². The van der Waals surface area contributed by atoms with Crippen LogP contribution in [0, 0.1) is 0 Å². The summed E-state index contributed by atoms with van der Waals surface area (Å²) in [7, 11) is 0. The minimum atomic E-state index is -2.44. The van der Waals surface area contributed by atoms with Crippen LogP contribution in [0.15, 0.2) is 41.9 Å². The molecular weight excluding hydrogens is 460 g/mol. The predicted octanol–water partition coefficient (Wildman–Crippen LogP) is 4.84. The van der Waals surface area contributed by atoms with Crippen LogP contribution in [0.5, 0.6) is 5.75 Å². The number of halogens is 2. The lowest BCUT2D eigenvalue weighted by molar-refractivity contribution is 0.0833. The normalized spacial score (nSPS) is 27.1. The van der Waals surface area contributed by atoms with Gasteiger partial charge >= 0.3 is 0 Å². The van der Waals surface area contributed by atoms with Gasteiger partial charge in [-0.05, 0) is 44.8 Å². The number of fused-ring (bicyclic) bond motifs is 1. The van der Waals surface area contributed by atoms with Gasteiger partial charge in [-0.15, -0.1) is 11.8 Å². The molecule has 0 spiro atoms. The van der Waals surface area contributed by atoms with Crippen LogP contribution in [-0.4, -0.2) is 55.8 Å². The summed E-state index contributed by atoms with van der Waals surface area (Å²) < 4.78 is 40.7. The number of rotatable bonds is 7. The highest BCUT2D eigenvalue weighted by Gasteiger charge is 2.47.